The molecule has 0 saturated heterocycles. The number of hydrogen-bond acceptors (Lipinski definition) is 4. The summed E-state index contributed by atoms with van der Waals surface area (Å²) in [5.74, 6) is 1.90. The zero-order valence-electron chi connectivity index (χ0n) is 14.5. The molecule has 1 aliphatic rings. The van der Waals surface area contributed by atoms with Gasteiger partial charge in [-0.05, 0) is 31.6 Å². The Morgan fingerprint density at radius 2 is 2.12 bits per heavy atom. The van der Waals surface area contributed by atoms with Crippen LogP contribution in [0, 0.1) is 5.92 Å². The highest BCUT2D eigenvalue weighted by Crippen LogP contribution is 2.23. The highest BCUT2D eigenvalue weighted by molar-refractivity contribution is 5.75. The van der Waals surface area contributed by atoms with E-state index in [1.165, 1.54) is 0 Å². The molecule has 0 bridgehead atoms. The summed E-state index contributed by atoms with van der Waals surface area (Å²) in [5, 5.41) is 12.7. The second kappa shape index (κ2) is 8.81. The van der Waals surface area contributed by atoms with Crippen molar-refractivity contribution in [1.29, 1.82) is 0 Å². The van der Waals surface area contributed by atoms with E-state index in [1.54, 1.807) is 6.20 Å². The van der Waals surface area contributed by atoms with Crippen LogP contribution in [0.1, 0.15) is 44.4 Å². The number of nitrogens with one attached hydrogen (secondary N) is 1. The molecule has 0 spiro atoms. The van der Waals surface area contributed by atoms with Gasteiger partial charge in [0, 0.05) is 24.9 Å². The third-order valence-electron chi connectivity index (χ3n) is 4.75. The molecule has 3 rings (SSSR count). The number of aliphatic hydroxyl groups is 1. The van der Waals surface area contributed by atoms with Crippen LogP contribution >= 0.6 is 0 Å². The Bertz CT molecular complexity index is 669. The van der Waals surface area contributed by atoms with Crippen LogP contribution in [0.2, 0.25) is 0 Å². The van der Waals surface area contributed by atoms with Crippen molar-refractivity contribution in [2.24, 2.45) is 5.92 Å². The lowest BCUT2D eigenvalue weighted by Crippen LogP contribution is -2.32. The van der Waals surface area contributed by atoms with E-state index in [1.807, 2.05) is 30.3 Å². The van der Waals surface area contributed by atoms with E-state index < -0.39 is 0 Å². The van der Waals surface area contributed by atoms with Crippen molar-refractivity contribution in [3.63, 3.8) is 0 Å². The smallest absolute Gasteiger partial charge is 0.220 e. The first-order valence-corrected chi connectivity index (χ1v) is 9.15. The van der Waals surface area contributed by atoms with Gasteiger partial charge in [0.05, 0.1) is 12.3 Å². The molecular formula is C20H26N2O3. The highest BCUT2D eigenvalue weighted by atomic mass is 16.4. The summed E-state index contributed by atoms with van der Waals surface area (Å²) in [5.41, 5.74) is 1.01. The summed E-state index contributed by atoms with van der Waals surface area (Å²) in [6, 6.07) is 9.87. The summed E-state index contributed by atoms with van der Waals surface area (Å²) in [7, 11) is 0. The number of oxazole rings is 1. The Hall–Kier alpha value is -2.14. The van der Waals surface area contributed by atoms with Crippen LogP contribution in [-0.4, -0.2) is 28.6 Å². The monoisotopic (exact) mass is 342 g/mol. The van der Waals surface area contributed by atoms with Gasteiger partial charge in [0.15, 0.2) is 11.7 Å². The maximum atomic E-state index is 12.0. The van der Waals surface area contributed by atoms with Crippen molar-refractivity contribution >= 4 is 5.91 Å². The van der Waals surface area contributed by atoms with Crippen molar-refractivity contribution < 1.29 is 14.3 Å². The van der Waals surface area contributed by atoms with Crippen LogP contribution in [0.3, 0.4) is 0 Å². The normalized spacial score (nSPS) is 20.4. The summed E-state index contributed by atoms with van der Waals surface area (Å²) in [4.78, 5) is 16.3. The molecule has 25 heavy (non-hydrogen) atoms. The molecule has 1 amide bonds. The predicted octanol–water partition coefficient (Wildman–Crippen LogP) is 3.33. The number of amides is 1. The van der Waals surface area contributed by atoms with Gasteiger partial charge in [0.25, 0.3) is 0 Å². The largest absolute Gasteiger partial charge is 0.441 e. The molecule has 1 aromatic heterocycles. The average Bonchev–Trinajstić information content (AvgIpc) is 3.10. The number of aliphatic hydroxyl groups excluding tert-OH is 1. The van der Waals surface area contributed by atoms with Crippen LogP contribution in [0.15, 0.2) is 40.9 Å². The SMILES string of the molecule is O=C(CCCc1ncc(-c2ccccc2)o1)NCC1CCCC(O)C1. The van der Waals surface area contributed by atoms with Crippen molar-refractivity contribution in [3.05, 3.63) is 42.4 Å². The summed E-state index contributed by atoms with van der Waals surface area (Å²) < 4.78 is 5.75. The third-order valence-corrected chi connectivity index (χ3v) is 4.75. The molecule has 2 N–H and O–H groups in total. The third kappa shape index (κ3) is 5.43. The Labute approximate surface area is 148 Å². The van der Waals surface area contributed by atoms with Gasteiger partial charge in [0.1, 0.15) is 0 Å². The molecule has 0 aliphatic heterocycles. The van der Waals surface area contributed by atoms with E-state index in [4.69, 9.17) is 4.42 Å². The standard InChI is InChI=1S/C20H26N2O3/c23-17-9-4-6-15(12-17)13-21-19(24)10-5-11-20-22-14-18(25-20)16-7-2-1-3-8-16/h1-3,7-8,14-15,17,23H,4-6,9-13H2,(H,21,24). The number of rotatable bonds is 7. The van der Waals surface area contributed by atoms with Crippen molar-refractivity contribution in [1.82, 2.24) is 10.3 Å². The molecule has 1 aromatic carbocycles. The number of aromatic nitrogens is 1. The van der Waals surface area contributed by atoms with Gasteiger partial charge in [0.2, 0.25) is 5.91 Å². The number of nitrogens with zero attached hydrogens (tertiary/aromatic N) is 1. The van der Waals surface area contributed by atoms with Gasteiger partial charge in [-0.15, -0.1) is 0 Å². The zero-order chi connectivity index (χ0) is 17.5. The fourth-order valence-electron chi connectivity index (χ4n) is 3.36. The van der Waals surface area contributed by atoms with E-state index in [0.717, 1.165) is 37.0 Å². The Morgan fingerprint density at radius 3 is 2.92 bits per heavy atom. The lowest BCUT2D eigenvalue weighted by molar-refractivity contribution is -0.121. The second-order valence-electron chi connectivity index (χ2n) is 6.83. The minimum Gasteiger partial charge on any atom is -0.441 e. The van der Waals surface area contributed by atoms with Crippen molar-refractivity contribution in [2.75, 3.05) is 6.54 Å². The van der Waals surface area contributed by atoms with E-state index in [0.29, 0.717) is 37.6 Å². The number of carbonyl (C=O) groups excluding carboxylic acids is 1. The lowest BCUT2D eigenvalue weighted by Gasteiger charge is -2.25. The number of carbonyl (C=O) groups is 1. The first kappa shape index (κ1) is 17.7. The highest BCUT2D eigenvalue weighted by Gasteiger charge is 2.20. The van der Waals surface area contributed by atoms with E-state index >= 15 is 0 Å². The molecule has 1 aliphatic carbocycles. The van der Waals surface area contributed by atoms with Crippen LogP contribution in [-0.2, 0) is 11.2 Å². The molecule has 5 nitrogen and oxygen atoms in total. The average molecular weight is 342 g/mol. The first-order chi connectivity index (χ1) is 12.2. The van der Waals surface area contributed by atoms with Gasteiger partial charge >= 0.3 is 0 Å². The van der Waals surface area contributed by atoms with E-state index in [2.05, 4.69) is 10.3 Å². The first-order valence-electron chi connectivity index (χ1n) is 9.15. The van der Waals surface area contributed by atoms with Crippen molar-refractivity contribution in [2.45, 2.75) is 51.0 Å². The van der Waals surface area contributed by atoms with Crippen LogP contribution in [0.25, 0.3) is 11.3 Å². The number of benzene rings is 1. The zero-order valence-corrected chi connectivity index (χ0v) is 14.5. The minimum atomic E-state index is -0.195. The quantitative estimate of drug-likeness (QED) is 0.809. The molecule has 1 heterocycles. The summed E-state index contributed by atoms with van der Waals surface area (Å²) in [6.07, 6.45) is 7.23. The molecule has 2 unspecified atom stereocenters. The molecule has 2 atom stereocenters. The molecule has 0 radical (unpaired) electrons. The fraction of sp³-hybridized carbons (Fsp3) is 0.500. The fourth-order valence-corrected chi connectivity index (χ4v) is 3.36. The van der Waals surface area contributed by atoms with Crippen molar-refractivity contribution in [3.8, 4) is 11.3 Å². The van der Waals surface area contributed by atoms with Gasteiger partial charge < -0.3 is 14.8 Å². The van der Waals surface area contributed by atoms with Gasteiger partial charge in [-0.3, -0.25) is 4.79 Å². The van der Waals surface area contributed by atoms with E-state index in [9.17, 15) is 9.90 Å². The van der Waals surface area contributed by atoms with Crippen LogP contribution in [0.4, 0.5) is 0 Å². The maximum absolute atomic E-state index is 12.0. The molecule has 1 fully saturated rings. The molecule has 1 saturated carbocycles. The molecular weight excluding hydrogens is 316 g/mol. The second-order valence-corrected chi connectivity index (χ2v) is 6.83. The topological polar surface area (TPSA) is 75.4 Å². The maximum Gasteiger partial charge on any atom is 0.220 e. The minimum absolute atomic E-state index is 0.0647. The number of aryl methyl sites for hydroxylation is 1. The Kier molecular flexibility index (Phi) is 6.23. The number of hydrogen-bond donors (Lipinski definition) is 2. The van der Waals surface area contributed by atoms with E-state index in [-0.39, 0.29) is 12.0 Å². The Morgan fingerprint density at radius 1 is 1.28 bits per heavy atom. The van der Waals surface area contributed by atoms with Crippen LogP contribution < -0.4 is 5.32 Å². The van der Waals surface area contributed by atoms with Gasteiger partial charge in [-0.2, -0.15) is 0 Å². The molecule has 134 valence electrons. The predicted molar refractivity (Wildman–Crippen MR) is 95.9 cm³/mol. The van der Waals surface area contributed by atoms with Crippen LogP contribution in [0.5, 0.6) is 0 Å². The molecule has 5 heteroatoms. The lowest BCUT2D eigenvalue weighted by atomic mass is 9.87. The van der Waals surface area contributed by atoms with Gasteiger partial charge in [-0.1, -0.05) is 36.8 Å². The summed E-state index contributed by atoms with van der Waals surface area (Å²) in [6.45, 7) is 0.674. The molecule has 2 aromatic rings. The van der Waals surface area contributed by atoms with Gasteiger partial charge in [-0.25, -0.2) is 4.98 Å². The Balaban J connectivity index is 1.36. The summed E-state index contributed by atoms with van der Waals surface area (Å²) >= 11 is 0.